The van der Waals surface area contributed by atoms with Gasteiger partial charge in [0.2, 0.25) is 0 Å². The molecule has 0 aliphatic heterocycles. The summed E-state index contributed by atoms with van der Waals surface area (Å²) in [5, 5.41) is 0. The van der Waals surface area contributed by atoms with E-state index >= 15 is 0 Å². The smallest absolute Gasteiger partial charge is 0.265 e. The van der Waals surface area contributed by atoms with E-state index < -0.39 is 15.9 Å². The van der Waals surface area contributed by atoms with Gasteiger partial charge >= 0.3 is 0 Å². The van der Waals surface area contributed by atoms with Gasteiger partial charge in [0, 0.05) is 14.9 Å². The van der Waals surface area contributed by atoms with Gasteiger partial charge in [-0.1, -0.05) is 22.9 Å². The SMILES string of the molecule is CCSc1ccc(S(=O)(=O)NC(=O)c2ccc(Br)cc2C)cc1. The number of sulfonamides is 1. The highest BCUT2D eigenvalue weighted by Crippen LogP contribution is 2.20. The zero-order valence-corrected chi connectivity index (χ0v) is 15.9. The monoisotopic (exact) mass is 413 g/mol. The normalized spacial score (nSPS) is 11.3. The Morgan fingerprint density at radius 3 is 2.39 bits per heavy atom. The molecule has 4 nitrogen and oxygen atoms in total. The van der Waals surface area contributed by atoms with E-state index in [1.54, 1.807) is 49.0 Å². The minimum absolute atomic E-state index is 0.0704. The highest BCUT2D eigenvalue weighted by atomic mass is 79.9. The summed E-state index contributed by atoms with van der Waals surface area (Å²) in [6, 6.07) is 11.5. The zero-order valence-electron chi connectivity index (χ0n) is 12.7. The third-order valence-corrected chi connectivity index (χ3v) is 5.84. The first-order chi connectivity index (χ1) is 10.8. The quantitative estimate of drug-likeness (QED) is 0.752. The van der Waals surface area contributed by atoms with Crippen LogP contribution in [0.25, 0.3) is 0 Å². The van der Waals surface area contributed by atoms with Crippen molar-refractivity contribution in [2.45, 2.75) is 23.6 Å². The van der Waals surface area contributed by atoms with Crippen LogP contribution in [-0.2, 0) is 10.0 Å². The second-order valence-corrected chi connectivity index (χ2v) is 8.73. The van der Waals surface area contributed by atoms with E-state index in [4.69, 9.17) is 0 Å². The van der Waals surface area contributed by atoms with Gasteiger partial charge < -0.3 is 0 Å². The molecule has 0 aliphatic carbocycles. The minimum Gasteiger partial charge on any atom is -0.268 e. The summed E-state index contributed by atoms with van der Waals surface area (Å²) in [5.74, 6) is 0.271. The van der Waals surface area contributed by atoms with Crippen molar-refractivity contribution in [2.24, 2.45) is 0 Å². The average molecular weight is 414 g/mol. The van der Waals surface area contributed by atoms with Crippen molar-refractivity contribution in [1.82, 2.24) is 4.72 Å². The zero-order chi connectivity index (χ0) is 17.0. The van der Waals surface area contributed by atoms with Gasteiger partial charge in [-0.2, -0.15) is 0 Å². The first-order valence-electron chi connectivity index (χ1n) is 6.89. The fourth-order valence-electron chi connectivity index (χ4n) is 2.00. The maximum atomic E-state index is 12.3. The molecule has 7 heteroatoms. The second kappa shape index (κ2) is 7.51. The third-order valence-electron chi connectivity index (χ3n) is 3.11. The van der Waals surface area contributed by atoms with Crippen LogP contribution in [0.2, 0.25) is 0 Å². The fourth-order valence-corrected chi connectivity index (χ4v) is 4.10. The number of halogens is 1. The molecule has 0 aromatic heterocycles. The number of thioether (sulfide) groups is 1. The highest BCUT2D eigenvalue weighted by Gasteiger charge is 2.19. The summed E-state index contributed by atoms with van der Waals surface area (Å²) < 4.78 is 27.6. The molecule has 0 radical (unpaired) electrons. The molecule has 0 fully saturated rings. The molecule has 0 spiro atoms. The number of nitrogens with one attached hydrogen (secondary N) is 1. The number of hydrogen-bond acceptors (Lipinski definition) is 4. The standard InChI is InChI=1S/C16H16BrNO3S2/c1-3-22-13-5-7-14(8-6-13)23(20,21)18-16(19)15-9-4-12(17)10-11(15)2/h4-10H,3H2,1-2H3,(H,18,19). The lowest BCUT2D eigenvalue weighted by Gasteiger charge is -2.09. The van der Waals surface area contributed by atoms with Crippen molar-refractivity contribution < 1.29 is 13.2 Å². The molecule has 2 aromatic carbocycles. The Balaban J connectivity index is 2.21. The molecule has 2 aromatic rings. The molecule has 2 rings (SSSR count). The summed E-state index contributed by atoms with van der Waals surface area (Å²) in [6.45, 7) is 3.78. The Morgan fingerprint density at radius 1 is 1.17 bits per heavy atom. The first-order valence-corrected chi connectivity index (χ1v) is 10.2. The summed E-state index contributed by atoms with van der Waals surface area (Å²) in [4.78, 5) is 13.3. The Labute approximate surface area is 148 Å². The lowest BCUT2D eigenvalue weighted by molar-refractivity contribution is 0.0981. The molecule has 1 amide bonds. The van der Waals surface area contributed by atoms with Gasteiger partial charge in [0.05, 0.1) is 4.90 Å². The molecule has 0 saturated carbocycles. The van der Waals surface area contributed by atoms with Gasteiger partial charge in [0.1, 0.15) is 0 Å². The molecule has 0 unspecified atom stereocenters. The Hall–Kier alpha value is -1.31. The van der Waals surface area contributed by atoms with Crippen LogP contribution < -0.4 is 4.72 Å². The van der Waals surface area contributed by atoms with Crippen molar-refractivity contribution in [3.8, 4) is 0 Å². The molecule has 0 aliphatic rings. The maximum absolute atomic E-state index is 12.3. The molecule has 0 atom stereocenters. The molecule has 1 N–H and O–H groups in total. The molecular weight excluding hydrogens is 398 g/mol. The fraction of sp³-hybridized carbons (Fsp3) is 0.188. The van der Waals surface area contributed by atoms with Crippen molar-refractivity contribution in [3.63, 3.8) is 0 Å². The van der Waals surface area contributed by atoms with E-state index in [9.17, 15) is 13.2 Å². The van der Waals surface area contributed by atoms with E-state index in [0.29, 0.717) is 11.1 Å². The number of hydrogen-bond donors (Lipinski definition) is 1. The van der Waals surface area contributed by atoms with E-state index in [1.807, 2.05) is 6.92 Å². The van der Waals surface area contributed by atoms with Crippen LogP contribution in [0.1, 0.15) is 22.8 Å². The molecule has 0 bridgehead atoms. The summed E-state index contributed by atoms with van der Waals surface area (Å²) >= 11 is 4.93. The number of benzene rings is 2. The summed E-state index contributed by atoms with van der Waals surface area (Å²) in [6.07, 6.45) is 0. The number of amides is 1. The largest absolute Gasteiger partial charge is 0.268 e. The minimum atomic E-state index is -3.89. The van der Waals surface area contributed by atoms with E-state index in [-0.39, 0.29) is 4.90 Å². The lowest BCUT2D eigenvalue weighted by Crippen LogP contribution is -2.31. The molecular formula is C16H16BrNO3S2. The molecule has 23 heavy (non-hydrogen) atoms. The maximum Gasteiger partial charge on any atom is 0.265 e. The Kier molecular flexibility index (Phi) is 5.89. The number of rotatable bonds is 5. The lowest BCUT2D eigenvalue weighted by atomic mass is 10.1. The Bertz CT molecular complexity index is 818. The van der Waals surface area contributed by atoms with Crippen LogP contribution in [0.4, 0.5) is 0 Å². The van der Waals surface area contributed by atoms with Crippen molar-refractivity contribution >= 4 is 43.6 Å². The van der Waals surface area contributed by atoms with Crippen molar-refractivity contribution in [2.75, 3.05) is 5.75 Å². The van der Waals surface area contributed by atoms with Crippen LogP contribution in [0.15, 0.2) is 56.7 Å². The summed E-state index contributed by atoms with van der Waals surface area (Å²) in [7, 11) is -3.89. The second-order valence-electron chi connectivity index (χ2n) is 4.80. The van der Waals surface area contributed by atoms with Crippen LogP contribution in [0.3, 0.4) is 0 Å². The van der Waals surface area contributed by atoms with Crippen LogP contribution >= 0.6 is 27.7 Å². The van der Waals surface area contributed by atoms with Crippen LogP contribution in [0, 0.1) is 6.92 Å². The van der Waals surface area contributed by atoms with Gasteiger partial charge in [-0.05, 0) is 60.7 Å². The van der Waals surface area contributed by atoms with Crippen LogP contribution in [-0.4, -0.2) is 20.1 Å². The van der Waals surface area contributed by atoms with Gasteiger partial charge in [0.25, 0.3) is 15.9 Å². The first kappa shape index (κ1) is 18.0. The molecule has 0 heterocycles. The van der Waals surface area contributed by atoms with E-state index in [1.165, 1.54) is 12.1 Å². The van der Waals surface area contributed by atoms with E-state index in [0.717, 1.165) is 15.1 Å². The van der Waals surface area contributed by atoms with Gasteiger partial charge in [-0.15, -0.1) is 11.8 Å². The van der Waals surface area contributed by atoms with Crippen molar-refractivity contribution in [1.29, 1.82) is 0 Å². The van der Waals surface area contributed by atoms with E-state index in [2.05, 4.69) is 20.7 Å². The highest BCUT2D eigenvalue weighted by molar-refractivity contribution is 9.10. The van der Waals surface area contributed by atoms with Gasteiger partial charge in [-0.25, -0.2) is 13.1 Å². The predicted octanol–water partition coefficient (Wildman–Crippen LogP) is 3.99. The van der Waals surface area contributed by atoms with Crippen LogP contribution in [0.5, 0.6) is 0 Å². The topological polar surface area (TPSA) is 63.2 Å². The van der Waals surface area contributed by atoms with Gasteiger partial charge in [-0.3, -0.25) is 4.79 Å². The number of aryl methyl sites for hydroxylation is 1. The number of carbonyl (C=O) groups is 1. The number of carbonyl (C=O) groups excluding carboxylic acids is 1. The average Bonchev–Trinajstić information content (AvgIpc) is 2.47. The predicted molar refractivity (Wildman–Crippen MR) is 96.4 cm³/mol. The van der Waals surface area contributed by atoms with Crippen molar-refractivity contribution in [3.05, 3.63) is 58.1 Å². The van der Waals surface area contributed by atoms with Gasteiger partial charge in [0.15, 0.2) is 0 Å². The molecule has 122 valence electrons. The molecule has 0 saturated heterocycles. The Morgan fingerprint density at radius 2 is 1.83 bits per heavy atom. The third kappa shape index (κ3) is 4.59. The summed E-state index contributed by atoms with van der Waals surface area (Å²) in [5.41, 5.74) is 1.02.